The molecule has 5 N–H and O–H groups in total. The van der Waals surface area contributed by atoms with Crippen molar-refractivity contribution >= 4 is 5.91 Å². The van der Waals surface area contributed by atoms with Crippen LogP contribution >= 0.6 is 0 Å². The maximum Gasteiger partial charge on any atom is 0.417 e. The zero-order chi connectivity index (χ0) is 19.4. The van der Waals surface area contributed by atoms with Gasteiger partial charge in [0.25, 0.3) is 0 Å². The largest absolute Gasteiger partial charge is 0.417 e. The van der Waals surface area contributed by atoms with Crippen molar-refractivity contribution in [3.05, 3.63) is 59.7 Å². The van der Waals surface area contributed by atoms with E-state index in [4.69, 9.17) is 16.6 Å². The molecule has 2 aromatic rings. The van der Waals surface area contributed by atoms with Gasteiger partial charge in [-0.05, 0) is 23.3 Å². The quantitative estimate of drug-likeness (QED) is 0.729. The lowest BCUT2D eigenvalue weighted by molar-refractivity contribution is -0.137. The van der Waals surface area contributed by atoms with Crippen molar-refractivity contribution in [1.82, 2.24) is 0 Å². The molecule has 4 nitrogen and oxygen atoms in total. The van der Waals surface area contributed by atoms with E-state index >= 15 is 0 Å². The number of primary amides is 1. The highest BCUT2D eigenvalue weighted by atomic mass is 19.4. The number of aliphatic hydroxyl groups is 1. The Balaban J connectivity index is 2.39. The molecular weight excluding hydrogens is 345 g/mol. The van der Waals surface area contributed by atoms with Crippen LogP contribution in [0.4, 0.5) is 13.2 Å². The van der Waals surface area contributed by atoms with E-state index in [9.17, 15) is 18.0 Å². The third kappa shape index (κ3) is 4.42. The summed E-state index contributed by atoms with van der Waals surface area (Å²) in [6.07, 6.45) is -4.83. The molecule has 0 radical (unpaired) electrons. The van der Waals surface area contributed by atoms with E-state index in [1.165, 1.54) is 12.1 Å². The number of rotatable bonds is 4. The summed E-state index contributed by atoms with van der Waals surface area (Å²) in [5.74, 6) is 4.10. The van der Waals surface area contributed by atoms with Crippen LogP contribution in [0.25, 0.3) is 11.1 Å². The van der Waals surface area contributed by atoms with Gasteiger partial charge >= 0.3 is 6.18 Å². The predicted molar refractivity (Wildman–Crippen MR) is 91.6 cm³/mol. The fraction of sp³-hybridized carbons (Fsp3) is 0.211. The molecule has 2 aromatic carbocycles. The third-order valence-corrected chi connectivity index (χ3v) is 3.82. The monoisotopic (exact) mass is 362 g/mol. The molecule has 0 aliphatic carbocycles. The summed E-state index contributed by atoms with van der Waals surface area (Å²) < 4.78 is 40.3. The fourth-order valence-electron chi connectivity index (χ4n) is 2.25. The molecule has 7 heteroatoms. The summed E-state index contributed by atoms with van der Waals surface area (Å²) in [5.41, 5.74) is 8.73. The van der Waals surface area contributed by atoms with Gasteiger partial charge in [0, 0.05) is 12.0 Å². The number of aliphatic hydroxyl groups excluding tert-OH is 1. The third-order valence-electron chi connectivity index (χ3n) is 3.82. The Morgan fingerprint density at radius 2 is 1.77 bits per heavy atom. The zero-order valence-electron chi connectivity index (χ0n) is 13.7. The van der Waals surface area contributed by atoms with Crippen molar-refractivity contribution in [2.24, 2.45) is 11.5 Å². The molecule has 1 atom stereocenters. The second-order valence-corrected chi connectivity index (χ2v) is 5.78. The van der Waals surface area contributed by atoms with E-state index in [2.05, 4.69) is 11.8 Å². The molecule has 2 rings (SSSR count). The Hall–Kier alpha value is -2.82. The summed E-state index contributed by atoms with van der Waals surface area (Å²) in [4.78, 5) is 11.2. The van der Waals surface area contributed by atoms with E-state index in [0.29, 0.717) is 5.56 Å². The highest BCUT2D eigenvalue weighted by Gasteiger charge is 2.34. The predicted octanol–water partition coefficient (Wildman–Crippen LogP) is 2.29. The molecule has 1 amide bonds. The lowest BCUT2D eigenvalue weighted by Gasteiger charge is -2.19. The number of carbonyl (C=O) groups excluding carboxylic acids is 1. The number of nitrogens with two attached hydrogens (primary N) is 2. The van der Waals surface area contributed by atoms with Crippen LogP contribution in [-0.4, -0.2) is 23.2 Å². The van der Waals surface area contributed by atoms with Crippen LogP contribution in [0, 0.1) is 11.8 Å². The number of carbonyl (C=O) groups is 1. The summed E-state index contributed by atoms with van der Waals surface area (Å²) in [6, 6.07) is 11.9. The molecule has 0 spiro atoms. The number of amides is 1. The van der Waals surface area contributed by atoms with Gasteiger partial charge in [0.1, 0.15) is 5.54 Å². The number of alkyl halides is 3. The number of halogens is 3. The second kappa shape index (κ2) is 7.60. The topological polar surface area (TPSA) is 89.3 Å². The fourth-order valence-corrected chi connectivity index (χ4v) is 2.25. The van der Waals surface area contributed by atoms with Gasteiger partial charge in [-0.2, -0.15) is 13.2 Å². The lowest BCUT2D eigenvalue weighted by atomic mass is 9.95. The van der Waals surface area contributed by atoms with Crippen molar-refractivity contribution in [2.75, 3.05) is 6.61 Å². The first-order valence-electron chi connectivity index (χ1n) is 7.62. The van der Waals surface area contributed by atoms with Gasteiger partial charge in [-0.25, -0.2) is 0 Å². The summed E-state index contributed by atoms with van der Waals surface area (Å²) in [6.45, 7) is -0.711. The van der Waals surface area contributed by atoms with Gasteiger partial charge in [-0.15, -0.1) is 0 Å². The molecule has 0 saturated carbocycles. The van der Waals surface area contributed by atoms with Gasteiger partial charge in [-0.1, -0.05) is 48.2 Å². The normalized spacial score (nSPS) is 13.4. The molecule has 0 heterocycles. The van der Waals surface area contributed by atoms with Crippen molar-refractivity contribution < 1.29 is 23.1 Å². The number of benzene rings is 2. The van der Waals surface area contributed by atoms with Crippen molar-refractivity contribution in [2.45, 2.75) is 18.1 Å². The van der Waals surface area contributed by atoms with Crippen LogP contribution in [0.3, 0.4) is 0 Å². The van der Waals surface area contributed by atoms with Gasteiger partial charge in [-0.3, -0.25) is 4.79 Å². The first-order chi connectivity index (χ1) is 12.2. The highest BCUT2D eigenvalue weighted by Crippen LogP contribution is 2.37. The van der Waals surface area contributed by atoms with Gasteiger partial charge in [0.2, 0.25) is 5.91 Å². The Bertz CT molecular complexity index is 855. The van der Waals surface area contributed by atoms with Gasteiger partial charge in [0.15, 0.2) is 0 Å². The van der Waals surface area contributed by atoms with Crippen LogP contribution < -0.4 is 11.5 Å². The smallest absolute Gasteiger partial charge is 0.394 e. The van der Waals surface area contributed by atoms with Crippen molar-refractivity contribution in [3.8, 4) is 23.0 Å². The minimum Gasteiger partial charge on any atom is -0.394 e. The second-order valence-electron chi connectivity index (χ2n) is 5.78. The first kappa shape index (κ1) is 19.5. The van der Waals surface area contributed by atoms with E-state index in [1.54, 1.807) is 30.3 Å². The van der Waals surface area contributed by atoms with Crippen molar-refractivity contribution in [1.29, 1.82) is 0 Å². The Morgan fingerprint density at radius 1 is 1.12 bits per heavy atom. The highest BCUT2D eigenvalue weighted by molar-refractivity contribution is 5.85. The van der Waals surface area contributed by atoms with E-state index in [-0.39, 0.29) is 17.5 Å². The average molecular weight is 362 g/mol. The molecule has 0 fully saturated rings. The lowest BCUT2D eigenvalue weighted by Crippen LogP contribution is -2.54. The first-order valence-corrected chi connectivity index (χ1v) is 7.62. The number of hydrogen-bond acceptors (Lipinski definition) is 3. The van der Waals surface area contributed by atoms with E-state index in [1.807, 2.05) is 0 Å². The standard InChI is InChI=1S/C19H17F3N2O2/c20-19(21,22)16-11-13(5-4-10-18(24,12-25)17(23)26)8-9-15(16)14-6-2-1-3-7-14/h1-3,6-9,11,25H,10,12,24H2,(H2,23,26)/t18-/m0/s1. The minimum absolute atomic E-state index is 0.0457. The molecular formula is C19H17F3N2O2. The van der Waals surface area contributed by atoms with Crippen LogP contribution in [-0.2, 0) is 11.0 Å². The van der Waals surface area contributed by atoms with Crippen LogP contribution in [0.15, 0.2) is 48.5 Å². The van der Waals surface area contributed by atoms with Gasteiger partial charge in [0.05, 0.1) is 12.2 Å². The van der Waals surface area contributed by atoms with Crippen LogP contribution in [0.1, 0.15) is 17.5 Å². The van der Waals surface area contributed by atoms with Gasteiger partial charge < -0.3 is 16.6 Å². The average Bonchev–Trinajstić information content (AvgIpc) is 2.61. The molecule has 0 aliphatic rings. The number of hydrogen-bond donors (Lipinski definition) is 3. The Morgan fingerprint density at radius 3 is 2.31 bits per heavy atom. The summed E-state index contributed by atoms with van der Waals surface area (Å²) >= 11 is 0. The molecule has 136 valence electrons. The van der Waals surface area contributed by atoms with Crippen LogP contribution in [0.2, 0.25) is 0 Å². The molecule has 0 aliphatic heterocycles. The maximum atomic E-state index is 13.4. The SMILES string of the molecule is NC(=O)[C@@](N)(CO)CC#Cc1ccc(-c2ccccc2)c(C(F)(F)F)c1. The Kier molecular flexibility index (Phi) is 5.70. The maximum absolute atomic E-state index is 13.4. The molecule has 0 bridgehead atoms. The Labute approximate surface area is 148 Å². The van der Waals surface area contributed by atoms with E-state index in [0.717, 1.165) is 6.07 Å². The van der Waals surface area contributed by atoms with Crippen molar-refractivity contribution in [3.63, 3.8) is 0 Å². The summed E-state index contributed by atoms with van der Waals surface area (Å²) in [5, 5.41) is 9.12. The van der Waals surface area contributed by atoms with E-state index < -0.39 is 29.8 Å². The summed E-state index contributed by atoms with van der Waals surface area (Å²) in [7, 11) is 0. The zero-order valence-corrected chi connectivity index (χ0v) is 13.7. The molecule has 0 unspecified atom stereocenters. The molecule has 26 heavy (non-hydrogen) atoms. The minimum atomic E-state index is -4.56. The molecule has 0 saturated heterocycles. The molecule has 0 aromatic heterocycles. The van der Waals surface area contributed by atoms with Crippen LogP contribution in [0.5, 0.6) is 0 Å².